The van der Waals surface area contributed by atoms with Crippen LogP contribution in [0.3, 0.4) is 0 Å². The highest BCUT2D eigenvalue weighted by molar-refractivity contribution is 9.10. The number of carbonyl (C=O) groups excluding carboxylic acids is 1. The first-order valence-electron chi connectivity index (χ1n) is 7.15. The van der Waals surface area contributed by atoms with E-state index in [9.17, 15) is 9.59 Å². The molecule has 0 saturated heterocycles. The minimum atomic E-state index is -0.337. The van der Waals surface area contributed by atoms with Gasteiger partial charge < -0.3 is 20.6 Å². The van der Waals surface area contributed by atoms with E-state index in [0.29, 0.717) is 16.6 Å². The van der Waals surface area contributed by atoms with Crippen LogP contribution in [0.5, 0.6) is 0 Å². The topological polar surface area (TPSA) is 89.8 Å². The molecule has 1 amide bonds. The summed E-state index contributed by atoms with van der Waals surface area (Å²) in [5.74, 6) is -0.266. The number of nitrogens with one attached hydrogen (secondary N) is 4. The van der Waals surface area contributed by atoms with Gasteiger partial charge in [-0.15, -0.1) is 0 Å². The van der Waals surface area contributed by atoms with Crippen molar-refractivity contribution in [3.63, 3.8) is 0 Å². The zero-order chi connectivity index (χ0) is 16.0. The lowest BCUT2D eigenvalue weighted by molar-refractivity contribution is 0.102. The summed E-state index contributed by atoms with van der Waals surface area (Å²) in [6, 6.07) is 9.32. The monoisotopic (exact) mass is 372 g/mol. The van der Waals surface area contributed by atoms with Crippen molar-refractivity contribution < 1.29 is 4.79 Å². The lowest BCUT2D eigenvalue weighted by Crippen LogP contribution is -2.13. The molecule has 7 heteroatoms. The van der Waals surface area contributed by atoms with Crippen LogP contribution in [-0.4, -0.2) is 15.9 Å². The van der Waals surface area contributed by atoms with Crippen molar-refractivity contribution in [2.45, 2.75) is 13.1 Å². The quantitative estimate of drug-likeness (QED) is 0.556. The van der Waals surface area contributed by atoms with Gasteiger partial charge in [-0.1, -0.05) is 22.0 Å². The van der Waals surface area contributed by atoms with Gasteiger partial charge >= 0.3 is 5.69 Å². The van der Waals surface area contributed by atoms with Gasteiger partial charge in [-0.05, 0) is 35.4 Å². The predicted octanol–water partition coefficient (Wildman–Crippen LogP) is 2.47. The number of rotatable bonds is 2. The summed E-state index contributed by atoms with van der Waals surface area (Å²) in [6.45, 7) is 1.67. The molecule has 1 aliphatic rings. The fraction of sp³-hybridized carbons (Fsp3) is 0.125. The summed E-state index contributed by atoms with van der Waals surface area (Å²) >= 11 is 3.36. The maximum absolute atomic E-state index is 12.6. The van der Waals surface area contributed by atoms with Crippen molar-refractivity contribution in [2.75, 3.05) is 5.32 Å². The van der Waals surface area contributed by atoms with Crippen molar-refractivity contribution in [1.82, 2.24) is 15.3 Å². The number of aromatic nitrogens is 2. The molecule has 4 rings (SSSR count). The molecule has 23 heavy (non-hydrogen) atoms. The maximum Gasteiger partial charge on any atom is 0.323 e. The van der Waals surface area contributed by atoms with Crippen molar-refractivity contribution in [1.29, 1.82) is 0 Å². The Morgan fingerprint density at radius 3 is 2.78 bits per heavy atom. The Hall–Kier alpha value is -2.38. The van der Waals surface area contributed by atoms with Crippen molar-refractivity contribution >= 4 is 38.6 Å². The number of H-pyrrole nitrogens is 2. The zero-order valence-corrected chi connectivity index (χ0v) is 13.6. The molecular weight excluding hydrogens is 360 g/mol. The number of fused-ring (bicyclic) bond motifs is 2. The number of hydrogen-bond acceptors (Lipinski definition) is 3. The average Bonchev–Trinajstić information content (AvgIpc) is 3.10. The molecule has 1 aromatic heterocycles. The Kier molecular flexibility index (Phi) is 3.32. The van der Waals surface area contributed by atoms with E-state index in [1.807, 2.05) is 18.2 Å². The minimum Gasteiger partial charge on any atom is -0.322 e. The Balaban J connectivity index is 1.71. The molecule has 0 atom stereocenters. The highest BCUT2D eigenvalue weighted by Gasteiger charge is 2.16. The van der Waals surface area contributed by atoms with E-state index >= 15 is 0 Å². The summed E-state index contributed by atoms with van der Waals surface area (Å²) < 4.78 is 0.726. The van der Waals surface area contributed by atoms with E-state index in [-0.39, 0.29) is 11.6 Å². The van der Waals surface area contributed by atoms with Crippen LogP contribution in [0.15, 0.2) is 39.6 Å². The average molecular weight is 373 g/mol. The molecule has 0 bridgehead atoms. The van der Waals surface area contributed by atoms with Gasteiger partial charge in [0.2, 0.25) is 0 Å². The summed E-state index contributed by atoms with van der Waals surface area (Å²) in [7, 11) is 0. The minimum absolute atomic E-state index is 0.266. The molecule has 0 saturated carbocycles. The molecule has 0 unspecified atom stereocenters. The molecule has 4 N–H and O–H groups in total. The Labute approximate surface area is 139 Å². The molecule has 2 heterocycles. The summed E-state index contributed by atoms with van der Waals surface area (Å²) in [5, 5.41) is 6.16. The molecule has 0 fully saturated rings. The molecule has 6 nitrogen and oxygen atoms in total. The van der Waals surface area contributed by atoms with E-state index < -0.39 is 0 Å². The van der Waals surface area contributed by atoms with E-state index in [4.69, 9.17) is 0 Å². The van der Waals surface area contributed by atoms with Gasteiger partial charge in [-0.2, -0.15) is 0 Å². The Morgan fingerprint density at radius 1 is 1.09 bits per heavy atom. The Bertz CT molecular complexity index is 989. The number of amides is 1. The smallest absolute Gasteiger partial charge is 0.322 e. The predicted molar refractivity (Wildman–Crippen MR) is 91.6 cm³/mol. The number of hydrogen-bond donors (Lipinski definition) is 4. The fourth-order valence-corrected chi connectivity index (χ4v) is 3.32. The summed E-state index contributed by atoms with van der Waals surface area (Å²) in [6.07, 6.45) is 0. The molecule has 1 aliphatic heterocycles. The van der Waals surface area contributed by atoms with Crippen LogP contribution < -0.4 is 16.3 Å². The van der Waals surface area contributed by atoms with Gasteiger partial charge in [0.15, 0.2) is 0 Å². The van der Waals surface area contributed by atoms with Gasteiger partial charge in [0, 0.05) is 23.2 Å². The number of aromatic amines is 2. The molecule has 0 aliphatic carbocycles. The molecule has 116 valence electrons. The molecule has 0 radical (unpaired) electrons. The number of anilines is 1. The third-order valence-electron chi connectivity index (χ3n) is 3.93. The summed E-state index contributed by atoms with van der Waals surface area (Å²) in [4.78, 5) is 29.4. The number of halogens is 1. The second kappa shape index (κ2) is 5.36. The van der Waals surface area contributed by atoms with Gasteiger partial charge in [-0.3, -0.25) is 4.79 Å². The summed E-state index contributed by atoms with van der Waals surface area (Å²) in [5.41, 5.74) is 4.34. The van der Waals surface area contributed by atoms with Crippen LogP contribution >= 0.6 is 15.9 Å². The van der Waals surface area contributed by atoms with Crippen LogP contribution in [-0.2, 0) is 13.1 Å². The zero-order valence-electron chi connectivity index (χ0n) is 12.0. The number of imidazole rings is 1. The normalized spacial score (nSPS) is 13.3. The van der Waals surface area contributed by atoms with Crippen LogP contribution in [0.2, 0.25) is 0 Å². The van der Waals surface area contributed by atoms with Crippen LogP contribution in [0.1, 0.15) is 21.5 Å². The van der Waals surface area contributed by atoms with Crippen LogP contribution in [0.4, 0.5) is 5.69 Å². The molecule has 3 aromatic rings. The van der Waals surface area contributed by atoms with Crippen LogP contribution in [0.25, 0.3) is 11.0 Å². The fourth-order valence-electron chi connectivity index (χ4n) is 2.86. The lowest BCUT2D eigenvalue weighted by atomic mass is 10.1. The number of carbonyl (C=O) groups is 1. The van der Waals surface area contributed by atoms with Crippen molar-refractivity contribution in [3.05, 3.63) is 62.0 Å². The van der Waals surface area contributed by atoms with Gasteiger partial charge in [0.05, 0.1) is 16.6 Å². The first-order chi connectivity index (χ1) is 11.1. The van der Waals surface area contributed by atoms with E-state index in [1.54, 1.807) is 12.1 Å². The SMILES string of the molecule is O=C(Nc1ccc2c(c1)CNC2)c1cc(Br)cc2[nH]c(=O)[nH]c12. The van der Waals surface area contributed by atoms with Crippen molar-refractivity contribution in [3.8, 4) is 0 Å². The molecular formula is C16H13BrN4O2. The second-order valence-electron chi connectivity index (χ2n) is 5.50. The van der Waals surface area contributed by atoms with E-state index in [2.05, 4.69) is 36.5 Å². The highest BCUT2D eigenvalue weighted by atomic mass is 79.9. The number of benzene rings is 2. The molecule has 2 aromatic carbocycles. The largest absolute Gasteiger partial charge is 0.323 e. The third-order valence-corrected chi connectivity index (χ3v) is 4.39. The van der Waals surface area contributed by atoms with E-state index in [0.717, 1.165) is 23.2 Å². The first kappa shape index (κ1) is 14.2. The van der Waals surface area contributed by atoms with Gasteiger partial charge in [0.1, 0.15) is 0 Å². The Morgan fingerprint density at radius 2 is 1.91 bits per heavy atom. The highest BCUT2D eigenvalue weighted by Crippen LogP contribution is 2.24. The first-order valence-corrected chi connectivity index (χ1v) is 7.95. The van der Waals surface area contributed by atoms with E-state index in [1.165, 1.54) is 11.1 Å². The van der Waals surface area contributed by atoms with Gasteiger partial charge in [0.25, 0.3) is 5.91 Å². The second-order valence-corrected chi connectivity index (χ2v) is 6.41. The standard InChI is InChI=1S/C16H13BrN4O2/c17-10-4-12(14-13(5-10)20-16(23)21-14)15(22)19-11-2-1-8-6-18-7-9(8)3-11/h1-5,18H,6-7H2,(H,19,22)(H2,20,21,23). The van der Waals surface area contributed by atoms with Crippen molar-refractivity contribution in [2.24, 2.45) is 0 Å². The van der Waals surface area contributed by atoms with Crippen LogP contribution in [0, 0.1) is 0 Å². The third kappa shape index (κ3) is 2.58. The van der Waals surface area contributed by atoms with Gasteiger partial charge in [-0.25, -0.2) is 4.79 Å². The lowest BCUT2D eigenvalue weighted by Gasteiger charge is -2.08. The maximum atomic E-state index is 12.6. The molecule has 0 spiro atoms.